The predicted octanol–water partition coefficient (Wildman–Crippen LogP) is 3.79. The van der Waals surface area contributed by atoms with E-state index in [1.807, 2.05) is 35.0 Å². The van der Waals surface area contributed by atoms with Crippen molar-refractivity contribution in [3.8, 4) is 5.69 Å². The Morgan fingerprint density at radius 1 is 1.00 bits per heavy atom. The predicted molar refractivity (Wildman–Crippen MR) is 107 cm³/mol. The van der Waals surface area contributed by atoms with Crippen molar-refractivity contribution in [1.82, 2.24) is 19.8 Å². The Hall–Kier alpha value is -2.14. The monoisotopic (exact) mass is 366 g/mol. The number of rotatable bonds is 4. The summed E-state index contributed by atoms with van der Waals surface area (Å²) in [6.07, 6.45) is 15.8. The maximum atomic E-state index is 12.7. The summed E-state index contributed by atoms with van der Waals surface area (Å²) in [4.78, 5) is 19.4. The van der Waals surface area contributed by atoms with E-state index in [4.69, 9.17) is 0 Å². The lowest BCUT2D eigenvalue weighted by Gasteiger charge is -2.38. The summed E-state index contributed by atoms with van der Waals surface area (Å²) in [5.41, 5.74) is 1.74. The van der Waals surface area contributed by atoms with Crippen LogP contribution in [0.25, 0.3) is 5.69 Å². The number of aromatic nitrogens is 2. The average molecular weight is 367 g/mol. The van der Waals surface area contributed by atoms with E-state index in [0.29, 0.717) is 0 Å². The van der Waals surface area contributed by atoms with Gasteiger partial charge in [-0.3, -0.25) is 9.69 Å². The molecule has 1 amide bonds. The molecule has 4 rings (SSSR count). The number of hydrogen-bond donors (Lipinski definition) is 1. The van der Waals surface area contributed by atoms with Crippen molar-refractivity contribution >= 4 is 5.91 Å². The van der Waals surface area contributed by atoms with Gasteiger partial charge in [-0.15, -0.1) is 0 Å². The first kappa shape index (κ1) is 18.2. The normalized spacial score (nSPS) is 22.3. The number of imidazole rings is 1. The maximum Gasteiger partial charge on any atom is 0.251 e. The van der Waals surface area contributed by atoms with E-state index < -0.39 is 0 Å². The molecule has 2 heterocycles. The highest BCUT2D eigenvalue weighted by Gasteiger charge is 2.27. The Bertz CT molecular complexity index is 717. The van der Waals surface area contributed by atoms with Crippen LogP contribution in [-0.2, 0) is 0 Å². The van der Waals surface area contributed by atoms with Gasteiger partial charge in [-0.25, -0.2) is 4.98 Å². The van der Waals surface area contributed by atoms with Crippen molar-refractivity contribution in [3.05, 3.63) is 48.5 Å². The third kappa shape index (κ3) is 4.59. The van der Waals surface area contributed by atoms with Gasteiger partial charge in [-0.2, -0.15) is 0 Å². The van der Waals surface area contributed by atoms with E-state index in [2.05, 4.69) is 15.2 Å². The molecule has 1 unspecified atom stereocenters. The summed E-state index contributed by atoms with van der Waals surface area (Å²) < 4.78 is 1.94. The Balaban J connectivity index is 1.34. The molecule has 1 aromatic carbocycles. The fraction of sp³-hybridized carbons (Fsp3) is 0.545. The van der Waals surface area contributed by atoms with E-state index in [0.717, 1.165) is 30.3 Å². The quantitative estimate of drug-likeness (QED) is 0.838. The first-order valence-corrected chi connectivity index (χ1v) is 10.4. The van der Waals surface area contributed by atoms with Crippen LogP contribution in [0.15, 0.2) is 43.0 Å². The Kier molecular flexibility index (Phi) is 5.87. The van der Waals surface area contributed by atoms with Crippen LogP contribution in [0, 0.1) is 0 Å². The van der Waals surface area contributed by atoms with Crippen LogP contribution in [-0.4, -0.2) is 45.5 Å². The minimum atomic E-state index is 0.0416. The molecule has 0 radical (unpaired) electrons. The molecule has 5 heteroatoms. The van der Waals surface area contributed by atoms with Crippen LogP contribution >= 0.6 is 0 Å². The van der Waals surface area contributed by atoms with Gasteiger partial charge in [0.2, 0.25) is 0 Å². The number of piperidine rings is 1. The second kappa shape index (κ2) is 8.70. The maximum absolute atomic E-state index is 12.7. The molecule has 5 nitrogen and oxygen atoms in total. The number of hydrogen-bond acceptors (Lipinski definition) is 3. The van der Waals surface area contributed by atoms with Gasteiger partial charge < -0.3 is 9.88 Å². The summed E-state index contributed by atoms with van der Waals surface area (Å²) in [6, 6.07) is 8.72. The minimum Gasteiger partial charge on any atom is -0.348 e. The Morgan fingerprint density at radius 3 is 2.48 bits per heavy atom. The molecule has 1 atom stereocenters. The van der Waals surface area contributed by atoms with Gasteiger partial charge in [0.25, 0.3) is 5.91 Å². The Morgan fingerprint density at radius 2 is 1.78 bits per heavy atom. The van der Waals surface area contributed by atoms with Crippen LogP contribution < -0.4 is 5.32 Å². The molecule has 2 aliphatic rings. The van der Waals surface area contributed by atoms with Gasteiger partial charge >= 0.3 is 0 Å². The SMILES string of the molecule is O=C(NC1CCCN(C2CCCCCC2)C1)c1ccc(-n2ccnc2)cc1. The summed E-state index contributed by atoms with van der Waals surface area (Å²) in [5, 5.41) is 3.27. The lowest BCUT2D eigenvalue weighted by atomic mass is 9.99. The fourth-order valence-corrected chi connectivity index (χ4v) is 4.54. The van der Waals surface area contributed by atoms with E-state index in [1.54, 1.807) is 12.5 Å². The van der Waals surface area contributed by atoms with Gasteiger partial charge in [0.15, 0.2) is 0 Å². The van der Waals surface area contributed by atoms with E-state index in [9.17, 15) is 4.79 Å². The average Bonchev–Trinajstić information content (AvgIpc) is 3.11. The first-order valence-electron chi connectivity index (χ1n) is 10.4. The Labute approximate surface area is 161 Å². The first-order chi connectivity index (χ1) is 13.3. The fourth-order valence-electron chi connectivity index (χ4n) is 4.54. The molecular formula is C22H30N4O. The number of nitrogens with one attached hydrogen (secondary N) is 1. The van der Waals surface area contributed by atoms with Crippen molar-refractivity contribution < 1.29 is 4.79 Å². The molecular weight excluding hydrogens is 336 g/mol. The summed E-state index contributed by atoms with van der Waals surface area (Å²) in [5.74, 6) is 0.0416. The molecule has 27 heavy (non-hydrogen) atoms. The van der Waals surface area contributed by atoms with E-state index in [1.165, 1.54) is 51.5 Å². The van der Waals surface area contributed by atoms with Crippen LogP contribution in [0.1, 0.15) is 61.7 Å². The largest absolute Gasteiger partial charge is 0.348 e. The summed E-state index contributed by atoms with van der Waals surface area (Å²) >= 11 is 0. The molecule has 0 bridgehead atoms. The van der Waals surface area contributed by atoms with Crippen molar-refractivity contribution in [2.75, 3.05) is 13.1 Å². The standard InChI is InChI=1S/C22H30N4O/c27-22(18-9-11-21(12-10-18)26-15-13-23-17-26)24-19-6-5-14-25(16-19)20-7-3-1-2-4-8-20/h9-13,15,17,19-20H,1-8,14,16H2,(H,24,27). The molecule has 144 valence electrons. The summed E-state index contributed by atoms with van der Waals surface area (Å²) in [6.45, 7) is 2.19. The molecule has 1 aliphatic heterocycles. The number of carbonyl (C=O) groups excluding carboxylic acids is 1. The highest BCUT2D eigenvalue weighted by atomic mass is 16.1. The van der Waals surface area contributed by atoms with Crippen LogP contribution in [0.3, 0.4) is 0 Å². The van der Waals surface area contributed by atoms with Gasteiger partial charge in [0.1, 0.15) is 0 Å². The number of carbonyl (C=O) groups is 1. The molecule has 2 fully saturated rings. The van der Waals surface area contributed by atoms with Crippen molar-refractivity contribution in [1.29, 1.82) is 0 Å². The van der Waals surface area contributed by atoms with Gasteiger partial charge in [0, 0.05) is 42.3 Å². The minimum absolute atomic E-state index is 0.0416. The number of nitrogens with zero attached hydrogens (tertiary/aromatic N) is 3. The second-order valence-electron chi connectivity index (χ2n) is 7.97. The number of benzene rings is 1. The van der Waals surface area contributed by atoms with Gasteiger partial charge in [0.05, 0.1) is 6.33 Å². The molecule has 1 aliphatic carbocycles. The zero-order chi connectivity index (χ0) is 18.5. The van der Waals surface area contributed by atoms with Gasteiger partial charge in [-0.05, 0) is 56.5 Å². The molecule has 1 N–H and O–H groups in total. The molecule has 1 aromatic heterocycles. The van der Waals surface area contributed by atoms with Crippen molar-refractivity contribution in [3.63, 3.8) is 0 Å². The lowest BCUT2D eigenvalue weighted by Crippen LogP contribution is -2.50. The highest BCUT2D eigenvalue weighted by molar-refractivity contribution is 5.94. The van der Waals surface area contributed by atoms with Crippen LogP contribution in [0.4, 0.5) is 0 Å². The zero-order valence-corrected chi connectivity index (χ0v) is 16.0. The summed E-state index contributed by atoms with van der Waals surface area (Å²) in [7, 11) is 0. The third-order valence-corrected chi connectivity index (χ3v) is 6.06. The lowest BCUT2D eigenvalue weighted by molar-refractivity contribution is 0.0860. The van der Waals surface area contributed by atoms with Crippen molar-refractivity contribution in [2.45, 2.75) is 63.5 Å². The second-order valence-corrected chi connectivity index (χ2v) is 7.97. The molecule has 1 saturated heterocycles. The third-order valence-electron chi connectivity index (χ3n) is 6.06. The smallest absolute Gasteiger partial charge is 0.251 e. The molecule has 1 saturated carbocycles. The molecule has 2 aromatic rings. The van der Waals surface area contributed by atoms with Crippen LogP contribution in [0.2, 0.25) is 0 Å². The topological polar surface area (TPSA) is 50.2 Å². The van der Waals surface area contributed by atoms with E-state index in [-0.39, 0.29) is 11.9 Å². The number of amides is 1. The highest BCUT2D eigenvalue weighted by Crippen LogP contribution is 2.24. The molecule has 0 spiro atoms. The van der Waals surface area contributed by atoms with Gasteiger partial charge in [-0.1, -0.05) is 25.7 Å². The van der Waals surface area contributed by atoms with Crippen LogP contribution in [0.5, 0.6) is 0 Å². The number of likely N-dealkylation sites (tertiary alicyclic amines) is 1. The zero-order valence-electron chi connectivity index (χ0n) is 16.0. The van der Waals surface area contributed by atoms with Crippen molar-refractivity contribution in [2.24, 2.45) is 0 Å². The van der Waals surface area contributed by atoms with E-state index >= 15 is 0 Å².